The zero-order valence-electron chi connectivity index (χ0n) is 14.8. The van der Waals surface area contributed by atoms with Gasteiger partial charge in [0.15, 0.2) is 0 Å². The number of amides is 2. The quantitative estimate of drug-likeness (QED) is 0.753. The number of nitrogens with one attached hydrogen (secondary N) is 2. The first-order valence-electron chi connectivity index (χ1n) is 8.96. The standard InChI is InChI=1S/C21H23ClN2O2/c1-14(23-20(25)13-4-15-2-9-18(22)10-3-15)16-7-11-19(12-8-16)24-21(26)17-5-6-17/h2-3,7-12,14,17H,4-6,13H2,1H3,(H,23,25)(H,24,26). The number of aryl methyl sites for hydroxylation is 1. The summed E-state index contributed by atoms with van der Waals surface area (Å²) < 4.78 is 0. The van der Waals surface area contributed by atoms with Gasteiger partial charge in [0.2, 0.25) is 11.8 Å². The average Bonchev–Trinajstić information content (AvgIpc) is 3.47. The number of hydrogen-bond donors (Lipinski definition) is 2. The van der Waals surface area contributed by atoms with Gasteiger partial charge >= 0.3 is 0 Å². The first-order chi connectivity index (χ1) is 12.5. The lowest BCUT2D eigenvalue weighted by molar-refractivity contribution is -0.121. The highest BCUT2D eigenvalue weighted by atomic mass is 35.5. The van der Waals surface area contributed by atoms with E-state index in [9.17, 15) is 9.59 Å². The van der Waals surface area contributed by atoms with Crippen molar-refractivity contribution in [2.24, 2.45) is 5.92 Å². The summed E-state index contributed by atoms with van der Waals surface area (Å²) in [5.41, 5.74) is 2.90. The van der Waals surface area contributed by atoms with Crippen LogP contribution in [0.25, 0.3) is 0 Å². The predicted molar refractivity (Wildman–Crippen MR) is 104 cm³/mol. The molecular weight excluding hydrogens is 348 g/mol. The Hall–Kier alpha value is -2.33. The number of halogens is 1. The second-order valence-electron chi connectivity index (χ2n) is 6.80. The van der Waals surface area contributed by atoms with E-state index >= 15 is 0 Å². The molecule has 1 unspecified atom stereocenters. The molecule has 0 radical (unpaired) electrons. The van der Waals surface area contributed by atoms with Crippen LogP contribution in [0.3, 0.4) is 0 Å². The summed E-state index contributed by atoms with van der Waals surface area (Å²) in [4.78, 5) is 23.9. The largest absolute Gasteiger partial charge is 0.350 e. The maximum atomic E-state index is 12.2. The number of rotatable bonds is 7. The van der Waals surface area contributed by atoms with Crippen LogP contribution in [-0.4, -0.2) is 11.8 Å². The molecule has 1 atom stereocenters. The molecule has 5 heteroatoms. The first kappa shape index (κ1) is 18.5. The topological polar surface area (TPSA) is 58.2 Å². The lowest BCUT2D eigenvalue weighted by Crippen LogP contribution is -2.26. The van der Waals surface area contributed by atoms with Gasteiger partial charge in [-0.3, -0.25) is 9.59 Å². The maximum absolute atomic E-state index is 12.2. The fourth-order valence-corrected chi connectivity index (χ4v) is 2.88. The Labute approximate surface area is 158 Å². The van der Waals surface area contributed by atoms with Crippen molar-refractivity contribution in [2.45, 2.75) is 38.6 Å². The maximum Gasteiger partial charge on any atom is 0.227 e. The van der Waals surface area contributed by atoms with Crippen LogP contribution in [0.5, 0.6) is 0 Å². The highest BCUT2D eigenvalue weighted by molar-refractivity contribution is 6.30. The minimum absolute atomic E-state index is 0.0126. The lowest BCUT2D eigenvalue weighted by atomic mass is 10.1. The molecule has 0 heterocycles. The van der Waals surface area contributed by atoms with E-state index in [1.807, 2.05) is 55.5 Å². The van der Waals surface area contributed by atoms with Gasteiger partial charge in [-0.1, -0.05) is 35.9 Å². The van der Waals surface area contributed by atoms with Crippen molar-refractivity contribution in [2.75, 3.05) is 5.32 Å². The number of benzene rings is 2. The second kappa shape index (κ2) is 8.37. The van der Waals surface area contributed by atoms with Crippen LogP contribution in [0.15, 0.2) is 48.5 Å². The summed E-state index contributed by atoms with van der Waals surface area (Å²) in [6, 6.07) is 15.1. The van der Waals surface area contributed by atoms with Crippen LogP contribution in [0, 0.1) is 5.92 Å². The van der Waals surface area contributed by atoms with Crippen LogP contribution in [0.4, 0.5) is 5.69 Å². The minimum atomic E-state index is -0.0825. The second-order valence-corrected chi connectivity index (χ2v) is 7.24. The fraction of sp³-hybridized carbons (Fsp3) is 0.333. The van der Waals surface area contributed by atoms with Crippen molar-refractivity contribution in [1.82, 2.24) is 5.32 Å². The summed E-state index contributed by atoms with van der Waals surface area (Å²) in [5, 5.41) is 6.63. The smallest absolute Gasteiger partial charge is 0.227 e. The Morgan fingerprint density at radius 2 is 1.73 bits per heavy atom. The Morgan fingerprint density at radius 3 is 2.35 bits per heavy atom. The minimum Gasteiger partial charge on any atom is -0.350 e. The van der Waals surface area contributed by atoms with Gasteiger partial charge in [0.05, 0.1) is 6.04 Å². The Kier molecular flexibility index (Phi) is 5.94. The third kappa shape index (κ3) is 5.33. The molecular formula is C21H23ClN2O2. The van der Waals surface area contributed by atoms with Gasteiger partial charge in [0, 0.05) is 23.0 Å². The van der Waals surface area contributed by atoms with E-state index in [4.69, 9.17) is 11.6 Å². The summed E-state index contributed by atoms with van der Waals surface area (Å²) >= 11 is 5.87. The molecule has 26 heavy (non-hydrogen) atoms. The van der Waals surface area contributed by atoms with Gasteiger partial charge in [-0.15, -0.1) is 0 Å². The van der Waals surface area contributed by atoms with Crippen molar-refractivity contribution in [3.05, 3.63) is 64.7 Å². The highest BCUT2D eigenvalue weighted by Crippen LogP contribution is 2.30. The van der Waals surface area contributed by atoms with E-state index in [0.29, 0.717) is 17.9 Å². The molecule has 2 aromatic rings. The molecule has 3 rings (SSSR count). The van der Waals surface area contributed by atoms with Crippen LogP contribution < -0.4 is 10.6 Å². The third-order valence-electron chi connectivity index (χ3n) is 4.56. The summed E-state index contributed by atoms with van der Waals surface area (Å²) in [5.74, 6) is 0.299. The van der Waals surface area contributed by atoms with Gasteiger partial charge in [-0.05, 0) is 61.6 Å². The summed E-state index contributed by atoms with van der Waals surface area (Å²) in [6.07, 6.45) is 3.09. The zero-order chi connectivity index (χ0) is 18.5. The van der Waals surface area contributed by atoms with Crippen LogP contribution >= 0.6 is 11.6 Å². The summed E-state index contributed by atoms with van der Waals surface area (Å²) in [7, 11) is 0. The van der Waals surface area contributed by atoms with E-state index in [2.05, 4.69) is 10.6 Å². The van der Waals surface area contributed by atoms with Crippen LogP contribution in [-0.2, 0) is 16.0 Å². The molecule has 1 saturated carbocycles. The van der Waals surface area contributed by atoms with E-state index < -0.39 is 0 Å². The van der Waals surface area contributed by atoms with Crippen molar-refractivity contribution < 1.29 is 9.59 Å². The van der Waals surface area contributed by atoms with E-state index in [1.165, 1.54) is 0 Å². The Bertz CT molecular complexity index is 768. The molecule has 0 spiro atoms. The van der Waals surface area contributed by atoms with E-state index in [-0.39, 0.29) is 23.8 Å². The van der Waals surface area contributed by atoms with Gasteiger partial charge in [0.1, 0.15) is 0 Å². The van der Waals surface area contributed by atoms with Crippen LogP contribution in [0.2, 0.25) is 5.02 Å². The molecule has 0 saturated heterocycles. The SMILES string of the molecule is CC(NC(=O)CCc1ccc(Cl)cc1)c1ccc(NC(=O)C2CC2)cc1. The third-order valence-corrected chi connectivity index (χ3v) is 4.81. The molecule has 2 N–H and O–H groups in total. The Balaban J connectivity index is 1.47. The number of hydrogen-bond acceptors (Lipinski definition) is 2. The number of anilines is 1. The highest BCUT2D eigenvalue weighted by Gasteiger charge is 2.29. The lowest BCUT2D eigenvalue weighted by Gasteiger charge is -2.15. The van der Waals surface area contributed by atoms with Crippen molar-refractivity contribution in [3.63, 3.8) is 0 Å². The van der Waals surface area contributed by atoms with Crippen molar-refractivity contribution in [1.29, 1.82) is 0 Å². The molecule has 0 bridgehead atoms. The van der Waals surface area contributed by atoms with Crippen molar-refractivity contribution >= 4 is 29.1 Å². The van der Waals surface area contributed by atoms with Gasteiger partial charge in [-0.25, -0.2) is 0 Å². The molecule has 2 amide bonds. The van der Waals surface area contributed by atoms with Gasteiger partial charge in [0.25, 0.3) is 0 Å². The first-order valence-corrected chi connectivity index (χ1v) is 9.33. The number of carbonyl (C=O) groups is 2. The Morgan fingerprint density at radius 1 is 1.08 bits per heavy atom. The molecule has 1 aliphatic carbocycles. The number of carbonyl (C=O) groups excluding carboxylic acids is 2. The predicted octanol–water partition coefficient (Wildman–Crippen LogP) is 4.50. The van der Waals surface area contributed by atoms with Gasteiger partial charge in [-0.2, -0.15) is 0 Å². The molecule has 1 fully saturated rings. The fourth-order valence-electron chi connectivity index (χ4n) is 2.75. The molecule has 1 aliphatic rings. The average molecular weight is 371 g/mol. The zero-order valence-corrected chi connectivity index (χ0v) is 15.6. The monoisotopic (exact) mass is 370 g/mol. The molecule has 0 aromatic heterocycles. The van der Waals surface area contributed by atoms with E-state index in [0.717, 1.165) is 29.7 Å². The molecule has 136 valence electrons. The van der Waals surface area contributed by atoms with Crippen LogP contribution in [0.1, 0.15) is 43.4 Å². The van der Waals surface area contributed by atoms with Gasteiger partial charge < -0.3 is 10.6 Å². The van der Waals surface area contributed by atoms with Crippen molar-refractivity contribution in [3.8, 4) is 0 Å². The van der Waals surface area contributed by atoms with E-state index in [1.54, 1.807) is 0 Å². The molecule has 0 aliphatic heterocycles. The normalized spacial score (nSPS) is 14.5. The summed E-state index contributed by atoms with van der Waals surface area (Å²) in [6.45, 7) is 1.96. The molecule has 4 nitrogen and oxygen atoms in total. The molecule has 2 aromatic carbocycles.